The van der Waals surface area contributed by atoms with Crippen molar-refractivity contribution >= 4 is 28.7 Å². The van der Waals surface area contributed by atoms with Crippen LogP contribution in [0.25, 0.3) is 0 Å². The van der Waals surface area contributed by atoms with E-state index in [0.717, 1.165) is 11.4 Å². The van der Waals surface area contributed by atoms with Gasteiger partial charge in [0.15, 0.2) is 0 Å². The number of carbonyl (C=O) groups excluding carboxylic acids is 1. The molecule has 0 fully saturated rings. The van der Waals surface area contributed by atoms with Crippen molar-refractivity contribution in [3.63, 3.8) is 0 Å². The summed E-state index contributed by atoms with van der Waals surface area (Å²) in [6.07, 6.45) is 0. The van der Waals surface area contributed by atoms with Crippen LogP contribution in [-0.2, 0) is 4.79 Å². The molecule has 0 spiro atoms. The van der Waals surface area contributed by atoms with E-state index in [4.69, 9.17) is 32.4 Å². The number of nitrogens with one attached hydrogen (secondary N) is 1. The highest BCUT2D eigenvalue weighted by Crippen LogP contribution is 2.15. The minimum absolute atomic E-state index is 0.244. The van der Waals surface area contributed by atoms with Gasteiger partial charge in [-0.2, -0.15) is 0 Å². The van der Waals surface area contributed by atoms with Crippen LogP contribution >= 0.6 is 0 Å². The molecule has 204 valence electrons. The highest BCUT2D eigenvalue weighted by Gasteiger charge is 2.15. The fourth-order valence-electron chi connectivity index (χ4n) is 2.87. The molecular formula is C31H37N5O3. The van der Waals surface area contributed by atoms with Crippen LogP contribution in [0.1, 0.15) is 6.92 Å². The smallest absolute Gasteiger partial charge is 0.246 e. The zero-order valence-corrected chi connectivity index (χ0v) is 22.1. The second kappa shape index (κ2) is 16.6. The zero-order chi connectivity index (χ0) is 28.5. The predicted octanol–water partition coefficient (Wildman–Crippen LogP) is 4.91. The standard InChI is InChI=1S/C19H23N3O3.2C6H7N/c1-13(2)19(23)22-16(11-24-17-7-3-14(20)4-8-17)12-25-18-9-5-15(21)6-10-18;2*7-6-4-2-1-3-5-6/h3-10,16H,1,11-12,20-21H2,2H3,(H,22,23);2*1-5H,7H2. The summed E-state index contributed by atoms with van der Waals surface area (Å²) >= 11 is 0. The van der Waals surface area contributed by atoms with Crippen molar-refractivity contribution < 1.29 is 14.3 Å². The van der Waals surface area contributed by atoms with Crippen molar-refractivity contribution in [1.82, 2.24) is 5.32 Å². The molecule has 0 aliphatic rings. The summed E-state index contributed by atoms with van der Waals surface area (Å²) in [5.41, 5.74) is 25.4. The lowest BCUT2D eigenvalue weighted by atomic mass is 10.2. The fourth-order valence-corrected chi connectivity index (χ4v) is 2.87. The van der Waals surface area contributed by atoms with Gasteiger partial charge in [0, 0.05) is 28.3 Å². The Morgan fingerprint density at radius 2 is 0.974 bits per heavy atom. The minimum atomic E-state index is -0.348. The van der Waals surface area contributed by atoms with Gasteiger partial charge in [-0.05, 0) is 79.7 Å². The molecule has 0 unspecified atom stereocenters. The second-order valence-electron chi connectivity index (χ2n) is 8.53. The van der Waals surface area contributed by atoms with E-state index in [-0.39, 0.29) is 25.2 Å². The average molecular weight is 528 g/mol. The maximum Gasteiger partial charge on any atom is 0.246 e. The number of hydrogen-bond acceptors (Lipinski definition) is 7. The Hall–Kier alpha value is -5.11. The quantitative estimate of drug-likeness (QED) is 0.161. The molecule has 4 aromatic carbocycles. The lowest BCUT2D eigenvalue weighted by molar-refractivity contribution is -0.118. The number of para-hydroxylation sites is 2. The average Bonchev–Trinajstić information content (AvgIpc) is 2.93. The van der Waals surface area contributed by atoms with E-state index in [1.54, 1.807) is 55.5 Å². The van der Waals surface area contributed by atoms with Crippen molar-refractivity contribution in [1.29, 1.82) is 0 Å². The van der Waals surface area contributed by atoms with Gasteiger partial charge in [-0.25, -0.2) is 0 Å². The van der Waals surface area contributed by atoms with Crippen LogP contribution in [0, 0.1) is 0 Å². The van der Waals surface area contributed by atoms with Crippen LogP contribution in [0.5, 0.6) is 11.5 Å². The molecule has 0 heterocycles. The molecule has 39 heavy (non-hydrogen) atoms. The summed E-state index contributed by atoms with van der Waals surface area (Å²) in [6, 6.07) is 32.7. The number of nitrogen functional groups attached to an aromatic ring is 4. The monoisotopic (exact) mass is 527 g/mol. The molecule has 4 aromatic rings. The van der Waals surface area contributed by atoms with E-state index in [0.29, 0.717) is 28.4 Å². The van der Waals surface area contributed by atoms with Crippen LogP contribution in [-0.4, -0.2) is 25.2 Å². The maximum absolute atomic E-state index is 11.9. The molecule has 0 atom stereocenters. The number of benzene rings is 4. The Morgan fingerprint density at radius 3 is 1.26 bits per heavy atom. The van der Waals surface area contributed by atoms with Gasteiger partial charge < -0.3 is 37.7 Å². The first-order valence-electron chi connectivity index (χ1n) is 12.3. The molecule has 8 heteroatoms. The molecule has 0 aromatic heterocycles. The third-order valence-corrected chi connectivity index (χ3v) is 4.98. The summed E-state index contributed by atoms with van der Waals surface area (Å²) in [7, 11) is 0. The highest BCUT2D eigenvalue weighted by atomic mass is 16.5. The SMILES string of the molecule is C=C(C)C(=O)NC(COc1ccc(N)cc1)COc1ccc(N)cc1.Nc1ccccc1.Nc1ccccc1. The van der Waals surface area contributed by atoms with Gasteiger partial charge in [0.1, 0.15) is 24.7 Å². The molecule has 8 nitrogen and oxygen atoms in total. The highest BCUT2D eigenvalue weighted by molar-refractivity contribution is 5.92. The molecule has 0 radical (unpaired) electrons. The third-order valence-electron chi connectivity index (χ3n) is 4.98. The van der Waals surface area contributed by atoms with E-state index < -0.39 is 0 Å². The number of nitrogens with two attached hydrogens (primary N) is 4. The van der Waals surface area contributed by atoms with Crippen molar-refractivity contribution in [2.24, 2.45) is 0 Å². The van der Waals surface area contributed by atoms with E-state index in [9.17, 15) is 4.79 Å². The first-order valence-corrected chi connectivity index (χ1v) is 12.3. The molecule has 0 aliphatic heterocycles. The largest absolute Gasteiger partial charge is 0.491 e. The van der Waals surface area contributed by atoms with Crippen LogP contribution in [0.15, 0.2) is 121 Å². The number of carbonyl (C=O) groups is 1. The Balaban J connectivity index is 0.000000306. The number of hydrogen-bond donors (Lipinski definition) is 5. The molecule has 0 bridgehead atoms. The van der Waals surface area contributed by atoms with Gasteiger partial charge in [-0.3, -0.25) is 4.79 Å². The van der Waals surface area contributed by atoms with Crippen LogP contribution in [0.3, 0.4) is 0 Å². The topological polar surface area (TPSA) is 152 Å². The number of anilines is 4. The Kier molecular flexibility index (Phi) is 12.8. The summed E-state index contributed by atoms with van der Waals surface area (Å²) in [5.74, 6) is 1.08. The lowest BCUT2D eigenvalue weighted by Gasteiger charge is -2.20. The fraction of sp³-hybridized carbons (Fsp3) is 0.129. The van der Waals surface area contributed by atoms with Crippen LogP contribution in [0.4, 0.5) is 22.7 Å². The van der Waals surface area contributed by atoms with Gasteiger partial charge in [-0.1, -0.05) is 43.0 Å². The van der Waals surface area contributed by atoms with E-state index in [2.05, 4.69) is 11.9 Å². The van der Waals surface area contributed by atoms with Crippen molar-refractivity contribution in [3.8, 4) is 11.5 Å². The minimum Gasteiger partial charge on any atom is -0.491 e. The molecule has 0 saturated heterocycles. The van der Waals surface area contributed by atoms with Gasteiger partial charge >= 0.3 is 0 Å². The number of ether oxygens (including phenoxy) is 2. The number of amides is 1. The Morgan fingerprint density at radius 1 is 0.641 bits per heavy atom. The first-order chi connectivity index (χ1) is 18.7. The molecule has 9 N–H and O–H groups in total. The van der Waals surface area contributed by atoms with Crippen molar-refractivity contribution in [3.05, 3.63) is 121 Å². The molecular weight excluding hydrogens is 490 g/mol. The summed E-state index contributed by atoms with van der Waals surface area (Å²) in [4.78, 5) is 11.9. The first kappa shape index (κ1) is 30.1. The van der Waals surface area contributed by atoms with Crippen molar-refractivity contribution in [2.75, 3.05) is 36.1 Å². The normalized spacial score (nSPS) is 9.69. The Labute approximate surface area is 230 Å². The van der Waals surface area contributed by atoms with Crippen LogP contribution < -0.4 is 37.7 Å². The second-order valence-corrected chi connectivity index (χ2v) is 8.53. The van der Waals surface area contributed by atoms with Gasteiger partial charge in [0.2, 0.25) is 5.91 Å². The van der Waals surface area contributed by atoms with E-state index in [1.807, 2.05) is 60.7 Å². The summed E-state index contributed by atoms with van der Waals surface area (Å²) < 4.78 is 11.4. The van der Waals surface area contributed by atoms with Gasteiger partial charge in [0.25, 0.3) is 0 Å². The molecule has 0 aliphatic carbocycles. The lowest BCUT2D eigenvalue weighted by Crippen LogP contribution is -2.43. The number of rotatable bonds is 8. The Bertz CT molecular complexity index is 1160. The van der Waals surface area contributed by atoms with Crippen LogP contribution in [0.2, 0.25) is 0 Å². The summed E-state index contributed by atoms with van der Waals surface area (Å²) in [5, 5.41) is 2.84. The summed E-state index contributed by atoms with van der Waals surface area (Å²) in [6.45, 7) is 5.79. The predicted molar refractivity (Wildman–Crippen MR) is 161 cm³/mol. The maximum atomic E-state index is 11.9. The van der Waals surface area contributed by atoms with E-state index in [1.165, 1.54) is 0 Å². The van der Waals surface area contributed by atoms with Crippen molar-refractivity contribution in [2.45, 2.75) is 13.0 Å². The van der Waals surface area contributed by atoms with Gasteiger partial charge in [-0.15, -0.1) is 0 Å². The van der Waals surface area contributed by atoms with E-state index >= 15 is 0 Å². The molecule has 4 rings (SSSR count). The molecule has 0 saturated carbocycles. The third kappa shape index (κ3) is 13.1. The zero-order valence-electron chi connectivity index (χ0n) is 22.1. The molecule has 1 amide bonds. The van der Waals surface area contributed by atoms with Gasteiger partial charge in [0.05, 0.1) is 6.04 Å².